The lowest BCUT2D eigenvalue weighted by Gasteiger charge is -2.13. The van der Waals surface area contributed by atoms with Gasteiger partial charge in [-0.3, -0.25) is 4.98 Å². The molecule has 3 aromatic rings. The molecule has 102 valence electrons. The summed E-state index contributed by atoms with van der Waals surface area (Å²) in [5, 5.41) is 5.30. The largest absolute Gasteiger partial charge is 0.319 e. The van der Waals surface area contributed by atoms with Crippen molar-refractivity contribution in [2.45, 2.75) is 25.8 Å². The fourth-order valence-corrected chi connectivity index (χ4v) is 3.12. The molecular formula is C15H16N4S. The molecule has 2 N–H and O–H groups in total. The molecule has 0 bridgehead atoms. The summed E-state index contributed by atoms with van der Waals surface area (Å²) >= 11 is 1.39. The van der Waals surface area contributed by atoms with Gasteiger partial charge in [-0.15, -0.1) is 5.10 Å². The Kier molecular flexibility index (Phi) is 3.71. The number of hydrogen-bond donors (Lipinski definition) is 1. The summed E-state index contributed by atoms with van der Waals surface area (Å²) in [4.78, 5) is 5.44. The first-order valence-electron chi connectivity index (χ1n) is 6.71. The van der Waals surface area contributed by atoms with Gasteiger partial charge < -0.3 is 5.73 Å². The Hall–Kier alpha value is -1.85. The predicted octanol–water partition coefficient (Wildman–Crippen LogP) is 3.09. The minimum Gasteiger partial charge on any atom is -0.319 e. The molecule has 2 heterocycles. The average Bonchev–Trinajstić information content (AvgIpc) is 2.94. The number of nitrogens with zero attached hydrogens (tertiary/aromatic N) is 3. The first-order chi connectivity index (χ1) is 9.81. The van der Waals surface area contributed by atoms with Gasteiger partial charge in [0.05, 0.1) is 22.1 Å². The van der Waals surface area contributed by atoms with Crippen molar-refractivity contribution in [1.29, 1.82) is 0 Å². The number of fused-ring (bicyclic) bond motifs is 1. The van der Waals surface area contributed by atoms with E-state index in [0.717, 1.165) is 39.9 Å². The van der Waals surface area contributed by atoms with Crippen molar-refractivity contribution in [2.75, 3.05) is 0 Å². The second-order valence-electron chi connectivity index (χ2n) is 4.73. The van der Waals surface area contributed by atoms with Gasteiger partial charge in [-0.05, 0) is 35.6 Å². The van der Waals surface area contributed by atoms with E-state index in [0.29, 0.717) is 0 Å². The van der Waals surface area contributed by atoms with Crippen LogP contribution in [0.15, 0.2) is 36.5 Å². The highest BCUT2D eigenvalue weighted by molar-refractivity contribution is 7.05. The number of hydrogen-bond acceptors (Lipinski definition) is 5. The third-order valence-electron chi connectivity index (χ3n) is 3.37. The second-order valence-corrected chi connectivity index (χ2v) is 5.51. The number of aromatic nitrogens is 3. The van der Waals surface area contributed by atoms with Gasteiger partial charge in [0, 0.05) is 11.6 Å². The molecule has 0 amide bonds. The van der Waals surface area contributed by atoms with E-state index in [2.05, 4.69) is 33.6 Å². The summed E-state index contributed by atoms with van der Waals surface area (Å²) in [7, 11) is 0. The molecule has 0 fully saturated rings. The molecule has 0 aliphatic rings. The monoisotopic (exact) mass is 284 g/mol. The van der Waals surface area contributed by atoms with Crippen LogP contribution < -0.4 is 5.73 Å². The molecule has 5 heteroatoms. The highest BCUT2D eigenvalue weighted by atomic mass is 32.1. The molecular weight excluding hydrogens is 268 g/mol. The first kappa shape index (κ1) is 13.1. The van der Waals surface area contributed by atoms with Gasteiger partial charge >= 0.3 is 0 Å². The maximum atomic E-state index is 6.46. The van der Waals surface area contributed by atoms with E-state index in [-0.39, 0.29) is 6.04 Å². The fourth-order valence-electron chi connectivity index (χ4n) is 2.40. The zero-order valence-corrected chi connectivity index (χ0v) is 12.1. The molecule has 0 aliphatic carbocycles. The average molecular weight is 284 g/mol. The van der Waals surface area contributed by atoms with Crippen LogP contribution in [0.4, 0.5) is 0 Å². The number of benzene rings is 1. The van der Waals surface area contributed by atoms with E-state index in [1.807, 2.05) is 18.2 Å². The van der Waals surface area contributed by atoms with Crippen molar-refractivity contribution < 1.29 is 0 Å². The lowest BCUT2D eigenvalue weighted by atomic mass is 9.99. The van der Waals surface area contributed by atoms with Crippen LogP contribution in [-0.2, 0) is 6.42 Å². The van der Waals surface area contributed by atoms with Crippen LogP contribution in [0, 0.1) is 0 Å². The van der Waals surface area contributed by atoms with Crippen molar-refractivity contribution in [3.63, 3.8) is 0 Å². The molecule has 2 aromatic heterocycles. The van der Waals surface area contributed by atoms with Gasteiger partial charge in [0.15, 0.2) is 0 Å². The summed E-state index contributed by atoms with van der Waals surface area (Å²) in [6, 6.07) is 9.87. The highest BCUT2D eigenvalue weighted by Gasteiger charge is 2.18. The first-order valence-corrected chi connectivity index (χ1v) is 7.49. The van der Waals surface area contributed by atoms with Crippen LogP contribution in [-0.4, -0.2) is 14.6 Å². The molecule has 1 aromatic carbocycles. The summed E-state index contributed by atoms with van der Waals surface area (Å²) < 4.78 is 4.06. The summed E-state index contributed by atoms with van der Waals surface area (Å²) in [5.74, 6) is 0. The van der Waals surface area contributed by atoms with Gasteiger partial charge in [0.2, 0.25) is 0 Å². The lowest BCUT2D eigenvalue weighted by molar-refractivity contribution is 0.817. The Labute approximate surface area is 121 Å². The Morgan fingerprint density at radius 2 is 2.15 bits per heavy atom. The lowest BCUT2D eigenvalue weighted by Crippen LogP contribution is -2.13. The highest BCUT2D eigenvalue weighted by Crippen LogP contribution is 2.30. The van der Waals surface area contributed by atoms with Crippen molar-refractivity contribution in [1.82, 2.24) is 14.6 Å². The molecule has 4 nitrogen and oxygen atoms in total. The summed E-state index contributed by atoms with van der Waals surface area (Å²) in [6.07, 6.45) is 3.76. The molecule has 3 rings (SSSR count). The number of rotatable bonds is 4. The molecule has 0 saturated carbocycles. The third-order valence-corrected chi connectivity index (χ3v) is 4.22. The fraction of sp³-hybridized carbons (Fsp3) is 0.267. The molecule has 0 radical (unpaired) electrons. The molecule has 1 atom stereocenters. The van der Waals surface area contributed by atoms with Crippen molar-refractivity contribution in [2.24, 2.45) is 5.73 Å². The quantitative estimate of drug-likeness (QED) is 0.799. The third kappa shape index (κ3) is 2.30. The molecule has 0 saturated heterocycles. The maximum absolute atomic E-state index is 6.46. The maximum Gasteiger partial charge on any atom is 0.0807 e. The number of aryl methyl sites for hydroxylation is 1. The van der Waals surface area contributed by atoms with Crippen molar-refractivity contribution in [3.8, 4) is 0 Å². The molecule has 1 unspecified atom stereocenters. The topological polar surface area (TPSA) is 64.7 Å². The van der Waals surface area contributed by atoms with E-state index in [9.17, 15) is 0 Å². The van der Waals surface area contributed by atoms with Crippen LogP contribution >= 0.6 is 11.5 Å². The van der Waals surface area contributed by atoms with E-state index in [4.69, 9.17) is 5.73 Å². The number of nitrogens with two attached hydrogens (primary N) is 1. The SMILES string of the molecule is CCCc1nnsc1C(N)c1cccc2ncccc12. The van der Waals surface area contributed by atoms with E-state index < -0.39 is 0 Å². The molecule has 20 heavy (non-hydrogen) atoms. The Morgan fingerprint density at radius 1 is 1.25 bits per heavy atom. The summed E-state index contributed by atoms with van der Waals surface area (Å²) in [6.45, 7) is 2.14. The van der Waals surface area contributed by atoms with E-state index >= 15 is 0 Å². The predicted molar refractivity (Wildman–Crippen MR) is 81.7 cm³/mol. The number of pyridine rings is 1. The van der Waals surface area contributed by atoms with Gasteiger partial charge in [0.25, 0.3) is 0 Å². The van der Waals surface area contributed by atoms with E-state index in [1.54, 1.807) is 6.20 Å². The zero-order chi connectivity index (χ0) is 13.9. The van der Waals surface area contributed by atoms with Crippen LogP contribution in [0.3, 0.4) is 0 Å². The Morgan fingerprint density at radius 3 is 3.00 bits per heavy atom. The van der Waals surface area contributed by atoms with Gasteiger partial charge in [-0.25, -0.2) is 0 Å². The van der Waals surface area contributed by atoms with Crippen LogP contribution in [0.2, 0.25) is 0 Å². The van der Waals surface area contributed by atoms with Crippen LogP contribution in [0.25, 0.3) is 10.9 Å². The van der Waals surface area contributed by atoms with Crippen LogP contribution in [0.5, 0.6) is 0 Å². The van der Waals surface area contributed by atoms with Gasteiger partial charge in [-0.2, -0.15) is 0 Å². The van der Waals surface area contributed by atoms with Gasteiger partial charge in [0.1, 0.15) is 0 Å². The summed E-state index contributed by atoms with van der Waals surface area (Å²) in [5.41, 5.74) is 9.53. The van der Waals surface area contributed by atoms with E-state index in [1.165, 1.54) is 11.5 Å². The smallest absolute Gasteiger partial charge is 0.0807 e. The zero-order valence-electron chi connectivity index (χ0n) is 11.3. The Bertz CT molecular complexity index is 717. The minimum absolute atomic E-state index is 0.190. The Balaban J connectivity index is 2.08. The normalized spacial score (nSPS) is 12.7. The van der Waals surface area contributed by atoms with Crippen LogP contribution in [0.1, 0.15) is 35.5 Å². The van der Waals surface area contributed by atoms with Crippen molar-refractivity contribution in [3.05, 3.63) is 52.7 Å². The molecule has 0 aliphatic heterocycles. The van der Waals surface area contributed by atoms with Gasteiger partial charge in [-0.1, -0.05) is 36.0 Å². The standard InChI is InChI=1S/C15H16N4S/c1-2-5-13-15(20-19-18-13)14(16)11-6-3-8-12-10(11)7-4-9-17-12/h3-4,6-9,14H,2,5,16H2,1H3. The van der Waals surface area contributed by atoms with Crippen molar-refractivity contribution >= 4 is 22.4 Å². The molecule has 0 spiro atoms. The second kappa shape index (κ2) is 5.64. The minimum atomic E-state index is -0.190.